The summed E-state index contributed by atoms with van der Waals surface area (Å²) in [5.41, 5.74) is 15.5. The van der Waals surface area contributed by atoms with E-state index in [-0.39, 0.29) is 11.5 Å². The van der Waals surface area contributed by atoms with Gasteiger partial charge in [-0.1, -0.05) is 42.4 Å². The number of Topliss-reactive ketones (excluding diaryl/α,β-unsaturated/α-hetero) is 1. The number of hydrogen-bond donors (Lipinski definition) is 4. The van der Waals surface area contributed by atoms with Crippen LogP contribution in [-0.2, 0) is 14.4 Å². The molecule has 0 aromatic rings. The molecular weight excluding hydrogens is 302 g/mol. The fourth-order valence-corrected chi connectivity index (χ4v) is 4.05. The van der Waals surface area contributed by atoms with Gasteiger partial charge in [0.05, 0.1) is 5.25 Å². The number of carboxylic acids is 1. The van der Waals surface area contributed by atoms with Crippen molar-refractivity contribution in [3.8, 4) is 0 Å². The number of amides is 1. The average molecular weight is 323 g/mol. The number of carbonyl (C=O) groups excluding carboxylic acids is 2. The van der Waals surface area contributed by atoms with Crippen LogP contribution in [-0.4, -0.2) is 45.9 Å². The van der Waals surface area contributed by atoms with Gasteiger partial charge in [-0.15, -0.1) is 0 Å². The van der Waals surface area contributed by atoms with Crippen molar-refractivity contribution >= 4 is 39.2 Å². The SMILES string of the molecule is CC(C)(C)C(=O)C(SSC[C@H](N)C(=O)O)[C@H](N)C(N)=O. The lowest BCUT2D eigenvalue weighted by Gasteiger charge is -2.26. The molecule has 0 radical (unpaired) electrons. The van der Waals surface area contributed by atoms with Gasteiger partial charge in [0.25, 0.3) is 0 Å². The number of carboxylic acid groups (broad SMARTS) is 1. The molecule has 9 heteroatoms. The number of carbonyl (C=O) groups is 3. The second-order valence-electron chi connectivity index (χ2n) is 5.29. The normalized spacial score (nSPS) is 16.2. The largest absolute Gasteiger partial charge is 0.480 e. The van der Waals surface area contributed by atoms with Crippen LogP contribution >= 0.6 is 21.6 Å². The van der Waals surface area contributed by atoms with Gasteiger partial charge in [-0.25, -0.2) is 0 Å². The molecule has 0 fully saturated rings. The average Bonchev–Trinajstić information content (AvgIpc) is 2.31. The van der Waals surface area contributed by atoms with Crippen LogP contribution in [0.5, 0.6) is 0 Å². The van der Waals surface area contributed by atoms with Crippen molar-refractivity contribution in [2.24, 2.45) is 22.6 Å². The predicted molar refractivity (Wildman–Crippen MR) is 81.1 cm³/mol. The summed E-state index contributed by atoms with van der Waals surface area (Å²) in [7, 11) is 2.13. The van der Waals surface area contributed by atoms with Crippen LogP contribution in [0.1, 0.15) is 20.8 Å². The molecule has 0 saturated heterocycles. The van der Waals surface area contributed by atoms with Crippen LogP contribution in [0.3, 0.4) is 0 Å². The van der Waals surface area contributed by atoms with E-state index in [9.17, 15) is 14.4 Å². The monoisotopic (exact) mass is 323 g/mol. The first-order valence-corrected chi connectivity index (χ1v) is 8.22. The van der Waals surface area contributed by atoms with Crippen molar-refractivity contribution in [3.63, 3.8) is 0 Å². The fourth-order valence-electron chi connectivity index (χ4n) is 1.10. The number of hydrogen-bond acceptors (Lipinski definition) is 7. The topological polar surface area (TPSA) is 150 Å². The van der Waals surface area contributed by atoms with Crippen LogP contribution in [0.2, 0.25) is 0 Å². The molecule has 0 aliphatic carbocycles. The maximum atomic E-state index is 12.3. The molecule has 1 amide bonds. The summed E-state index contributed by atoms with van der Waals surface area (Å²) in [4.78, 5) is 34.0. The highest BCUT2D eigenvalue weighted by Gasteiger charge is 2.36. The summed E-state index contributed by atoms with van der Waals surface area (Å²) >= 11 is 0. The molecule has 1 unspecified atom stereocenters. The second kappa shape index (κ2) is 7.87. The van der Waals surface area contributed by atoms with E-state index in [4.69, 9.17) is 22.3 Å². The third kappa shape index (κ3) is 6.12. The Morgan fingerprint density at radius 2 is 1.70 bits per heavy atom. The molecule has 0 aliphatic heterocycles. The Balaban J connectivity index is 4.76. The van der Waals surface area contributed by atoms with Crippen molar-refractivity contribution in [2.45, 2.75) is 38.1 Å². The minimum atomic E-state index is -1.13. The van der Waals surface area contributed by atoms with Gasteiger partial charge < -0.3 is 22.3 Å². The Hall–Kier alpha value is -0.770. The molecule has 0 aliphatic rings. The Bertz CT molecular complexity index is 384. The lowest BCUT2D eigenvalue weighted by atomic mass is 9.87. The molecule has 7 nitrogen and oxygen atoms in total. The zero-order valence-corrected chi connectivity index (χ0v) is 13.3. The first-order chi connectivity index (χ1) is 8.98. The number of aliphatic carboxylic acids is 1. The lowest BCUT2D eigenvalue weighted by Crippen LogP contribution is -2.50. The Morgan fingerprint density at radius 1 is 1.20 bits per heavy atom. The van der Waals surface area contributed by atoms with E-state index in [1.165, 1.54) is 0 Å². The second-order valence-corrected chi connectivity index (χ2v) is 7.84. The zero-order chi connectivity index (χ0) is 16.1. The fraction of sp³-hybridized carbons (Fsp3) is 0.727. The maximum Gasteiger partial charge on any atom is 0.321 e. The van der Waals surface area contributed by atoms with Gasteiger partial charge in [0.15, 0.2) is 5.78 Å². The number of primary amides is 1. The maximum absolute atomic E-state index is 12.3. The summed E-state index contributed by atoms with van der Waals surface area (Å²) in [6.07, 6.45) is 0. The van der Waals surface area contributed by atoms with Crippen LogP contribution in [0.4, 0.5) is 0 Å². The summed E-state index contributed by atoms with van der Waals surface area (Å²) < 4.78 is 0. The van der Waals surface area contributed by atoms with Crippen molar-refractivity contribution in [1.29, 1.82) is 0 Å². The minimum Gasteiger partial charge on any atom is -0.480 e. The molecule has 0 spiro atoms. The van der Waals surface area contributed by atoms with Gasteiger partial charge in [0.1, 0.15) is 12.1 Å². The molecule has 0 aromatic carbocycles. The van der Waals surface area contributed by atoms with E-state index in [1.807, 2.05) is 0 Å². The summed E-state index contributed by atoms with van der Waals surface area (Å²) in [5, 5.41) is 7.84. The number of nitrogens with two attached hydrogens (primary N) is 3. The van der Waals surface area contributed by atoms with E-state index in [1.54, 1.807) is 20.8 Å². The molecule has 3 atom stereocenters. The molecular formula is C11H21N3O4S2. The van der Waals surface area contributed by atoms with E-state index in [0.29, 0.717) is 0 Å². The van der Waals surface area contributed by atoms with Gasteiger partial charge in [-0.05, 0) is 0 Å². The van der Waals surface area contributed by atoms with Crippen molar-refractivity contribution in [3.05, 3.63) is 0 Å². The molecule has 0 heterocycles. The molecule has 0 aromatic heterocycles. The molecule has 0 saturated carbocycles. The highest BCUT2D eigenvalue weighted by molar-refractivity contribution is 8.77. The zero-order valence-electron chi connectivity index (χ0n) is 11.7. The summed E-state index contributed by atoms with van der Waals surface area (Å²) in [6.45, 7) is 5.14. The molecule has 20 heavy (non-hydrogen) atoms. The predicted octanol–water partition coefficient (Wildman–Crippen LogP) is -0.424. The minimum absolute atomic E-state index is 0.0966. The van der Waals surface area contributed by atoms with Gasteiger partial charge in [0.2, 0.25) is 5.91 Å². The third-order valence-corrected chi connectivity index (χ3v) is 5.17. The van der Waals surface area contributed by atoms with Crippen LogP contribution in [0, 0.1) is 5.41 Å². The Kier molecular flexibility index (Phi) is 7.56. The summed E-state index contributed by atoms with van der Waals surface area (Å²) in [5.74, 6) is -2.02. The van der Waals surface area contributed by atoms with Crippen molar-refractivity contribution < 1.29 is 19.5 Å². The first kappa shape index (κ1) is 19.2. The lowest BCUT2D eigenvalue weighted by molar-refractivity contribution is -0.137. The van der Waals surface area contributed by atoms with E-state index in [2.05, 4.69) is 0 Å². The van der Waals surface area contributed by atoms with E-state index in [0.717, 1.165) is 21.6 Å². The number of rotatable bonds is 8. The van der Waals surface area contributed by atoms with E-state index >= 15 is 0 Å². The van der Waals surface area contributed by atoms with E-state index < -0.39 is 34.6 Å². The van der Waals surface area contributed by atoms with Gasteiger partial charge >= 0.3 is 5.97 Å². The van der Waals surface area contributed by atoms with Crippen molar-refractivity contribution in [2.75, 3.05) is 5.75 Å². The highest BCUT2D eigenvalue weighted by atomic mass is 33.1. The standard InChI is InChI=1S/C11H21N3O4S2/c1-11(2,3)8(15)7(6(13)9(14)16)20-19-4-5(12)10(17)18/h5-7H,4,12-13H2,1-3H3,(H2,14,16)(H,17,18)/t5-,6-,7?/m0/s1. The highest BCUT2D eigenvalue weighted by Crippen LogP contribution is 2.33. The molecule has 7 N–H and O–H groups in total. The van der Waals surface area contributed by atoms with Gasteiger partial charge in [-0.3, -0.25) is 14.4 Å². The third-order valence-electron chi connectivity index (χ3n) is 2.39. The molecule has 116 valence electrons. The molecule has 0 bridgehead atoms. The first-order valence-electron chi connectivity index (χ1n) is 5.84. The Morgan fingerprint density at radius 3 is 2.05 bits per heavy atom. The van der Waals surface area contributed by atoms with Crippen LogP contribution in [0.15, 0.2) is 0 Å². The molecule has 0 rings (SSSR count). The smallest absolute Gasteiger partial charge is 0.321 e. The van der Waals surface area contributed by atoms with Gasteiger partial charge in [0, 0.05) is 11.2 Å². The quantitative estimate of drug-likeness (QED) is 0.440. The van der Waals surface area contributed by atoms with Crippen LogP contribution in [0.25, 0.3) is 0 Å². The van der Waals surface area contributed by atoms with Gasteiger partial charge in [-0.2, -0.15) is 0 Å². The Labute approximate surface area is 125 Å². The summed E-state index contributed by atoms with van der Waals surface area (Å²) in [6, 6.07) is -2.16. The van der Waals surface area contributed by atoms with Crippen molar-refractivity contribution in [1.82, 2.24) is 0 Å². The number of ketones is 1. The van der Waals surface area contributed by atoms with Crippen LogP contribution < -0.4 is 17.2 Å².